The van der Waals surface area contributed by atoms with Gasteiger partial charge in [0.25, 0.3) is 0 Å². The summed E-state index contributed by atoms with van der Waals surface area (Å²) in [7, 11) is 0. The van der Waals surface area contributed by atoms with Gasteiger partial charge >= 0.3 is 0 Å². The van der Waals surface area contributed by atoms with E-state index in [0.717, 1.165) is 24.2 Å². The maximum Gasteiger partial charge on any atom is 0.0794 e. The summed E-state index contributed by atoms with van der Waals surface area (Å²) in [4.78, 5) is 4.43. The molecule has 132 valence electrons. The lowest BCUT2D eigenvalue weighted by Gasteiger charge is -2.17. The van der Waals surface area contributed by atoms with E-state index in [1.54, 1.807) is 0 Å². The van der Waals surface area contributed by atoms with Crippen molar-refractivity contribution in [2.24, 2.45) is 0 Å². The average Bonchev–Trinajstić information content (AvgIpc) is 2.84. The van der Waals surface area contributed by atoms with E-state index in [1.165, 1.54) is 0 Å². The summed E-state index contributed by atoms with van der Waals surface area (Å²) in [5, 5.41) is 10.3. The SMILES string of the molecule is OC1CN(CC#Cc2ccccc2)CCN(CC#Cc2ccccc2)C1. The Morgan fingerprint density at radius 1 is 0.731 bits per heavy atom. The lowest BCUT2D eigenvalue weighted by Crippen LogP contribution is -2.33. The molecule has 1 aliphatic heterocycles. The summed E-state index contributed by atoms with van der Waals surface area (Å²) in [6.45, 7) is 4.46. The van der Waals surface area contributed by atoms with Crippen LogP contribution < -0.4 is 0 Å². The molecule has 3 rings (SSSR count). The molecule has 0 unspecified atom stereocenters. The van der Waals surface area contributed by atoms with Gasteiger partial charge in [0, 0.05) is 37.3 Å². The van der Waals surface area contributed by atoms with Gasteiger partial charge in [-0.1, -0.05) is 60.1 Å². The van der Waals surface area contributed by atoms with Crippen molar-refractivity contribution in [3.63, 3.8) is 0 Å². The molecule has 2 aromatic rings. The Kier molecular flexibility index (Phi) is 6.88. The van der Waals surface area contributed by atoms with E-state index in [9.17, 15) is 5.11 Å². The smallest absolute Gasteiger partial charge is 0.0794 e. The number of nitrogens with zero attached hydrogens (tertiary/aromatic N) is 2. The monoisotopic (exact) mass is 344 g/mol. The van der Waals surface area contributed by atoms with E-state index in [1.807, 2.05) is 60.7 Å². The van der Waals surface area contributed by atoms with Gasteiger partial charge in [0.1, 0.15) is 0 Å². The molecule has 3 nitrogen and oxygen atoms in total. The van der Waals surface area contributed by atoms with Gasteiger partial charge in [-0.15, -0.1) is 0 Å². The third kappa shape index (κ3) is 6.06. The van der Waals surface area contributed by atoms with Gasteiger partial charge in [-0.25, -0.2) is 0 Å². The number of aliphatic hydroxyl groups excluding tert-OH is 1. The van der Waals surface area contributed by atoms with Crippen LogP contribution in [0.1, 0.15) is 11.1 Å². The molecule has 1 saturated heterocycles. The van der Waals surface area contributed by atoms with Crippen LogP contribution in [0.4, 0.5) is 0 Å². The van der Waals surface area contributed by atoms with Crippen molar-refractivity contribution in [2.45, 2.75) is 6.10 Å². The van der Waals surface area contributed by atoms with Gasteiger partial charge in [0.15, 0.2) is 0 Å². The van der Waals surface area contributed by atoms with Crippen LogP contribution in [0.2, 0.25) is 0 Å². The molecule has 1 fully saturated rings. The van der Waals surface area contributed by atoms with Crippen molar-refractivity contribution < 1.29 is 5.11 Å². The lowest BCUT2D eigenvalue weighted by molar-refractivity contribution is 0.117. The average molecular weight is 344 g/mol. The molecule has 1 N–H and O–H groups in total. The van der Waals surface area contributed by atoms with Gasteiger partial charge in [-0.3, -0.25) is 9.80 Å². The highest BCUT2D eigenvalue weighted by atomic mass is 16.3. The lowest BCUT2D eigenvalue weighted by atomic mass is 10.2. The van der Waals surface area contributed by atoms with Gasteiger partial charge < -0.3 is 5.11 Å². The van der Waals surface area contributed by atoms with E-state index >= 15 is 0 Å². The Balaban J connectivity index is 1.50. The van der Waals surface area contributed by atoms with Crippen LogP contribution in [0, 0.1) is 23.7 Å². The molecular formula is C23H24N2O. The number of benzene rings is 2. The predicted octanol–water partition coefficient (Wildman–Crippen LogP) is 2.07. The molecule has 1 aliphatic rings. The zero-order chi connectivity index (χ0) is 18.0. The summed E-state index contributed by atoms with van der Waals surface area (Å²) >= 11 is 0. The molecule has 0 atom stereocenters. The molecule has 0 saturated carbocycles. The number of β-amino-alcohol motifs (C(OH)–C–C–N with tert-alkyl or cyclic N) is 1. The second-order valence-electron chi connectivity index (χ2n) is 6.46. The molecule has 3 heteroatoms. The highest BCUT2D eigenvalue weighted by Gasteiger charge is 2.19. The van der Waals surface area contributed by atoms with Crippen molar-refractivity contribution >= 4 is 0 Å². The van der Waals surface area contributed by atoms with E-state index in [0.29, 0.717) is 26.2 Å². The molecule has 0 aliphatic carbocycles. The Hall–Kier alpha value is -2.56. The Labute approximate surface area is 156 Å². The van der Waals surface area contributed by atoms with Crippen LogP contribution in [-0.4, -0.2) is 60.3 Å². The molecular weight excluding hydrogens is 320 g/mol. The summed E-state index contributed by atoms with van der Waals surface area (Å²) in [5.74, 6) is 12.8. The zero-order valence-corrected chi connectivity index (χ0v) is 14.9. The van der Waals surface area contributed by atoms with Gasteiger partial charge in [-0.2, -0.15) is 0 Å². The van der Waals surface area contributed by atoms with Crippen molar-refractivity contribution in [2.75, 3.05) is 39.3 Å². The summed E-state index contributed by atoms with van der Waals surface area (Å²) in [6.07, 6.45) is -0.366. The highest BCUT2D eigenvalue weighted by Crippen LogP contribution is 2.04. The second-order valence-corrected chi connectivity index (χ2v) is 6.46. The minimum atomic E-state index is -0.366. The zero-order valence-electron chi connectivity index (χ0n) is 14.9. The Morgan fingerprint density at radius 3 is 1.58 bits per heavy atom. The van der Waals surface area contributed by atoms with E-state index in [-0.39, 0.29) is 6.10 Å². The van der Waals surface area contributed by atoms with E-state index < -0.39 is 0 Å². The highest BCUT2D eigenvalue weighted by molar-refractivity contribution is 5.34. The normalized spacial score (nSPS) is 16.0. The van der Waals surface area contributed by atoms with Crippen LogP contribution in [0.15, 0.2) is 60.7 Å². The van der Waals surface area contributed by atoms with Gasteiger partial charge in [0.05, 0.1) is 19.2 Å². The second kappa shape index (κ2) is 9.80. The van der Waals surface area contributed by atoms with Crippen molar-refractivity contribution in [1.29, 1.82) is 0 Å². The first-order valence-electron chi connectivity index (χ1n) is 9.00. The van der Waals surface area contributed by atoms with E-state index in [4.69, 9.17) is 0 Å². The predicted molar refractivity (Wildman–Crippen MR) is 106 cm³/mol. The number of rotatable bonds is 2. The molecule has 26 heavy (non-hydrogen) atoms. The van der Waals surface area contributed by atoms with Crippen LogP contribution in [0.5, 0.6) is 0 Å². The van der Waals surface area contributed by atoms with Gasteiger partial charge in [-0.05, 0) is 24.3 Å². The number of aliphatic hydroxyl groups is 1. The molecule has 0 amide bonds. The Bertz CT molecular complexity index is 727. The van der Waals surface area contributed by atoms with Crippen LogP contribution >= 0.6 is 0 Å². The van der Waals surface area contributed by atoms with Crippen molar-refractivity contribution in [3.8, 4) is 23.7 Å². The minimum Gasteiger partial charge on any atom is -0.390 e. The number of hydrogen-bond donors (Lipinski definition) is 1. The fourth-order valence-electron chi connectivity index (χ4n) is 2.96. The largest absolute Gasteiger partial charge is 0.390 e. The fraction of sp³-hybridized carbons (Fsp3) is 0.304. The molecule has 1 heterocycles. The first-order chi connectivity index (χ1) is 12.8. The first-order valence-corrected chi connectivity index (χ1v) is 9.00. The van der Waals surface area contributed by atoms with Crippen LogP contribution in [-0.2, 0) is 0 Å². The molecule has 0 bridgehead atoms. The standard InChI is InChI=1S/C23H24N2O/c26-23-19-24(15-7-13-21-9-3-1-4-10-21)17-18-25(20-23)16-8-14-22-11-5-2-6-12-22/h1-6,9-12,23,26H,15-20H2. The molecule has 0 radical (unpaired) electrons. The maximum absolute atomic E-state index is 10.3. The Morgan fingerprint density at radius 2 is 1.15 bits per heavy atom. The number of hydrogen-bond acceptors (Lipinski definition) is 3. The fourth-order valence-corrected chi connectivity index (χ4v) is 2.96. The third-order valence-electron chi connectivity index (χ3n) is 4.29. The third-order valence-corrected chi connectivity index (χ3v) is 4.29. The molecule has 0 spiro atoms. The van der Waals surface area contributed by atoms with E-state index in [2.05, 4.69) is 33.5 Å². The van der Waals surface area contributed by atoms with Crippen LogP contribution in [0.3, 0.4) is 0 Å². The first kappa shape index (κ1) is 18.2. The summed E-state index contributed by atoms with van der Waals surface area (Å²) in [6, 6.07) is 20.0. The van der Waals surface area contributed by atoms with Gasteiger partial charge in [0.2, 0.25) is 0 Å². The topological polar surface area (TPSA) is 26.7 Å². The molecule has 0 aromatic heterocycles. The van der Waals surface area contributed by atoms with Crippen molar-refractivity contribution in [3.05, 3.63) is 71.8 Å². The molecule has 2 aromatic carbocycles. The summed E-state index contributed by atoms with van der Waals surface area (Å²) in [5.41, 5.74) is 2.06. The van der Waals surface area contributed by atoms with Crippen molar-refractivity contribution in [1.82, 2.24) is 9.80 Å². The quantitative estimate of drug-likeness (QED) is 0.845. The summed E-state index contributed by atoms with van der Waals surface area (Å²) < 4.78 is 0. The maximum atomic E-state index is 10.3. The van der Waals surface area contributed by atoms with Crippen LogP contribution in [0.25, 0.3) is 0 Å². The minimum absolute atomic E-state index is 0.366.